The highest BCUT2D eigenvalue weighted by atomic mass is 32.1. The van der Waals surface area contributed by atoms with Gasteiger partial charge in [0.1, 0.15) is 21.7 Å². The molecular formula is C15H15NO5S. The summed E-state index contributed by atoms with van der Waals surface area (Å²) in [6, 6.07) is 0. The molecule has 1 aliphatic rings. The first kappa shape index (κ1) is 14.8. The van der Waals surface area contributed by atoms with Gasteiger partial charge in [0.05, 0.1) is 14.2 Å². The van der Waals surface area contributed by atoms with E-state index in [4.69, 9.17) is 9.47 Å². The van der Waals surface area contributed by atoms with Gasteiger partial charge in [-0.05, 0) is 19.8 Å². The Morgan fingerprint density at radius 3 is 2.27 bits per heavy atom. The monoisotopic (exact) mass is 321 g/mol. The minimum atomic E-state index is -0.695. The van der Waals surface area contributed by atoms with Crippen LogP contribution in [-0.2, 0) is 9.47 Å². The molecule has 0 aliphatic heterocycles. The second-order valence-electron chi connectivity index (χ2n) is 5.24. The van der Waals surface area contributed by atoms with E-state index in [1.54, 1.807) is 4.40 Å². The molecule has 1 saturated carbocycles. The Morgan fingerprint density at radius 2 is 1.73 bits per heavy atom. The summed E-state index contributed by atoms with van der Waals surface area (Å²) in [4.78, 5) is 37.6. The topological polar surface area (TPSA) is 74.1 Å². The Labute approximate surface area is 130 Å². The zero-order valence-electron chi connectivity index (χ0n) is 12.5. The molecule has 1 fully saturated rings. The lowest BCUT2D eigenvalue weighted by molar-refractivity contribution is 0.0556. The second kappa shape index (κ2) is 5.24. The lowest BCUT2D eigenvalue weighted by Crippen LogP contribution is -2.16. The van der Waals surface area contributed by atoms with Crippen LogP contribution >= 0.6 is 11.3 Å². The summed E-state index contributed by atoms with van der Waals surface area (Å²) in [6.07, 6.45) is 1.62. The van der Waals surface area contributed by atoms with Crippen molar-refractivity contribution in [1.29, 1.82) is 0 Å². The fourth-order valence-electron chi connectivity index (χ4n) is 2.56. The highest BCUT2D eigenvalue weighted by Gasteiger charge is 2.39. The molecule has 0 atom stereocenters. The van der Waals surface area contributed by atoms with E-state index in [1.807, 2.05) is 12.3 Å². The molecule has 0 radical (unpaired) electrons. The number of ketones is 1. The lowest BCUT2D eigenvalue weighted by atomic mass is 10.1. The van der Waals surface area contributed by atoms with Crippen LogP contribution in [0, 0.1) is 12.8 Å². The normalized spacial score (nSPS) is 14.1. The molecule has 2 aromatic rings. The zero-order valence-corrected chi connectivity index (χ0v) is 13.3. The fraction of sp³-hybridized carbons (Fsp3) is 0.400. The molecule has 0 aromatic carbocycles. The Kier molecular flexibility index (Phi) is 3.52. The largest absolute Gasteiger partial charge is 0.465 e. The van der Waals surface area contributed by atoms with E-state index in [9.17, 15) is 14.4 Å². The molecular weight excluding hydrogens is 306 g/mol. The van der Waals surface area contributed by atoms with Gasteiger partial charge in [-0.3, -0.25) is 4.79 Å². The molecule has 2 heterocycles. The van der Waals surface area contributed by atoms with Crippen LogP contribution in [0.25, 0.3) is 4.83 Å². The van der Waals surface area contributed by atoms with Crippen molar-refractivity contribution in [3.05, 3.63) is 27.9 Å². The van der Waals surface area contributed by atoms with Crippen LogP contribution in [0.3, 0.4) is 0 Å². The van der Waals surface area contributed by atoms with Crippen molar-refractivity contribution < 1.29 is 23.9 Å². The van der Waals surface area contributed by atoms with E-state index < -0.39 is 11.9 Å². The summed E-state index contributed by atoms with van der Waals surface area (Å²) in [7, 11) is 2.48. The van der Waals surface area contributed by atoms with E-state index >= 15 is 0 Å². The molecule has 0 spiro atoms. The van der Waals surface area contributed by atoms with Gasteiger partial charge in [-0.15, -0.1) is 11.3 Å². The van der Waals surface area contributed by atoms with Gasteiger partial charge in [0.15, 0.2) is 5.78 Å². The summed E-state index contributed by atoms with van der Waals surface area (Å²) >= 11 is 1.30. The number of aromatic nitrogens is 1. The average Bonchev–Trinajstić information content (AvgIpc) is 3.23. The number of nitrogens with zero attached hydrogens (tertiary/aromatic N) is 1. The third kappa shape index (κ3) is 2.04. The van der Waals surface area contributed by atoms with Gasteiger partial charge in [-0.2, -0.15) is 0 Å². The third-order valence-corrected chi connectivity index (χ3v) is 4.85. The number of carbonyl (C=O) groups is 3. The molecule has 116 valence electrons. The number of ether oxygens (including phenoxy) is 2. The van der Waals surface area contributed by atoms with Crippen molar-refractivity contribution in [2.75, 3.05) is 14.2 Å². The Morgan fingerprint density at radius 1 is 1.14 bits per heavy atom. The molecule has 0 amide bonds. The van der Waals surface area contributed by atoms with Crippen LogP contribution in [-0.4, -0.2) is 36.3 Å². The van der Waals surface area contributed by atoms with Crippen LogP contribution < -0.4 is 0 Å². The minimum Gasteiger partial charge on any atom is -0.465 e. The molecule has 3 rings (SSSR count). The summed E-state index contributed by atoms with van der Waals surface area (Å²) in [5, 5.41) is 1.84. The second-order valence-corrected chi connectivity index (χ2v) is 6.10. The Bertz CT molecular complexity index is 797. The average molecular weight is 321 g/mol. The number of carbonyl (C=O) groups excluding carboxylic acids is 3. The molecule has 0 saturated heterocycles. The number of aryl methyl sites for hydroxylation is 1. The van der Waals surface area contributed by atoms with Gasteiger partial charge >= 0.3 is 11.9 Å². The maximum atomic E-state index is 12.7. The van der Waals surface area contributed by atoms with Crippen LogP contribution in [0.2, 0.25) is 0 Å². The van der Waals surface area contributed by atoms with E-state index in [0.29, 0.717) is 4.83 Å². The summed E-state index contributed by atoms with van der Waals surface area (Å²) in [5.74, 6) is -1.53. The number of methoxy groups -OCH3 is 2. The first-order valence-electron chi connectivity index (χ1n) is 6.84. The molecule has 22 heavy (non-hydrogen) atoms. The zero-order chi connectivity index (χ0) is 16.0. The predicted octanol–water partition coefficient (Wildman–Crippen LogP) is 2.48. The van der Waals surface area contributed by atoms with Gasteiger partial charge in [-0.1, -0.05) is 0 Å². The molecule has 0 N–H and O–H groups in total. The standard InChI is InChI=1S/C15H15NO5S/c1-7-6-22-13-10(15(19)21-3)9(14(18)20-2)11(16(7)13)12(17)8-4-5-8/h6,8H,4-5H2,1-3H3. The predicted molar refractivity (Wildman–Crippen MR) is 79.7 cm³/mol. The number of fused-ring (bicyclic) bond motifs is 1. The van der Waals surface area contributed by atoms with E-state index in [2.05, 4.69) is 0 Å². The van der Waals surface area contributed by atoms with Crippen molar-refractivity contribution >= 4 is 33.9 Å². The van der Waals surface area contributed by atoms with Crippen molar-refractivity contribution in [1.82, 2.24) is 4.40 Å². The van der Waals surface area contributed by atoms with Crippen LogP contribution in [0.15, 0.2) is 5.38 Å². The van der Waals surface area contributed by atoms with Gasteiger partial charge < -0.3 is 13.9 Å². The molecule has 7 heteroatoms. The van der Waals surface area contributed by atoms with Gasteiger partial charge in [0, 0.05) is 17.0 Å². The molecule has 1 aliphatic carbocycles. The van der Waals surface area contributed by atoms with E-state index in [1.165, 1.54) is 25.6 Å². The lowest BCUT2D eigenvalue weighted by Gasteiger charge is -2.05. The highest BCUT2D eigenvalue weighted by molar-refractivity contribution is 7.16. The Hall–Kier alpha value is -2.15. The fourth-order valence-corrected chi connectivity index (χ4v) is 3.59. The number of esters is 2. The minimum absolute atomic E-state index is 0.0150. The number of hydrogen-bond acceptors (Lipinski definition) is 6. The molecule has 0 bridgehead atoms. The Balaban J connectivity index is 2.38. The summed E-state index contributed by atoms with van der Waals surface area (Å²) in [6.45, 7) is 1.83. The number of rotatable bonds is 4. The smallest absolute Gasteiger partial charge is 0.341 e. The molecule has 2 aromatic heterocycles. The third-order valence-electron chi connectivity index (χ3n) is 3.78. The number of thiazole rings is 1. The first-order chi connectivity index (χ1) is 10.5. The maximum Gasteiger partial charge on any atom is 0.341 e. The number of hydrogen-bond donors (Lipinski definition) is 0. The van der Waals surface area contributed by atoms with Gasteiger partial charge in [0.25, 0.3) is 0 Å². The first-order valence-corrected chi connectivity index (χ1v) is 7.72. The number of Topliss-reactive ketones (excluding diaryl/α,β-unsaturated/α-hetero) is 1. The van der Waals surface area contributed by atoms with Crippen LogP contribution in [0.1, 0.15) is 49.7 Å². The summed E-state index contributed by atoms with van der Waals surface area (Å²) < 4.78 is 11.3. The highest BCUT2D eigenvalue weighted by Crippen LogP contribution is 2.38. The van der Waals surface area contributed by atoms with Crippen LogP contribution in [0.4, 0.5) is 0 Å². The quantitative estimate of drug-likeness (QED) is 0.639. The van der Waals surface area contributed by atoms with E-state index in [0.717, 1.165) is 18.5 Å². The maximum absolute atomic E-state index is 12.7. The molecule has 6 nitrogen and oxygen atoms in total. The van der Waals surface area contributed by atoms with Gasteiger partial charge in [0.2, 0.25) is 0 Å². The molecule has 0 unspecified atom stereocenters. The van der Waals surface area contributed by atoms with E-state index in [-0.39, 0.29) is 28.5 Å². The van der Waals surface area contributed by atoms with Crippen molar-refractivity contribution in [3.63, 3.8) is 0 Å². The van der Waals surface area contributed by atoms with Crippen molar-refractivity contribution in [3.8, 4) is 0 Å². The SMILES string of the molecule is COC(=O)c1c(C(=O)OC)c2scc(C)n2c1C(=O)C1CC1. The van der Waals surface area contributed by atoms with Crippen molar-refractivity contribution in [2.45, 2.75) is 19.8 Å². The van der Waals surface area contributed by atoms with Crippen molar-refractivity contribution in [2.24, 2.45) is 5.92 Å². The van der Waals surface area contributed by atoms with Crippen LogP contribution in [0.5, 0.6) is 0 Å². The summed E-state index contributed by atoms with van der Waals surface area (Å²) in [5.41, 5.74) is 1.16. The van der Waals surface area contributed by atoms with Gasteiger partial charge in [-0.25, -0.2) is 9.59 Å².